The lowest BCUT2D eigenvalue weighted by Crippen LogP contribution is -2.41. The van der Waals surface area contributed by atoms with Crippen molar-refractivity contribution in [1.82, 2.24) is 15.2 Å². The van der Waals surface area contributed by atoms with Crippen molar-refractivity contribution < 1.29 is 4.79 Å². The molecule has 5 heteroatoms. The molecule has 21 heavy (non-hydrogen) atoms. The Hall–Kier alpha value is -1.10. The van der Waals surface area contributed by atoms with Crippen molar-refractivity contribution in [1.29, 1.82) is 0 Å². The standard InChI is InChI=1S/C16H23N3OS/c1-10-7-17-15(21-10)14(11-5-6-11)18-16(20)19-8-12-3-2-4-13(12)9-19/h7,11-14H,2-6,8-9H2,1H3,(H,18,20)/t12-,13-,14-/m1/s1. The highest BCUT2D eigenvalue weighted by Crippen LogP contribution is 2.43. The number of amides is 2. The molecule has 3 aliphatic rings. The van der Waals surface area contributed by atoms with E-state index in [9.17, 15) is 4.79 Å². The molecule has 0 radical (unpaired) electrons. The van der Waals surface area contributed by atoms with Crippen LogP contribution < -0.4 is 5.32 Å². The van der Waals surface area contributed by atoms with Crippen LogP contribution >= 0.6 is 11.3 Å². The average molecular weight is 305 g/mol. The lowest BCUT2D eigenvalue weighted by atomic mass is 10.0. The molecule has 3 atom stereocenters. The first-order valence-corrected chi connectivity index (χ1v) is 9.00. The largest absolute Gasteiger partial charge is 0.328 e. The third kappa shape index (κ3) is 2.68. The van der Waals surface area contributed by atoms with Gasteiger partial charge in [0.25, 0.3) is 0 Å². The van der Waals surface area contributed by atoms with Gasteiger partial charge in [0.1, 0.15) is 5.01 Å². The summed E-state index contributed by atoms with van der Waals surface area (Å²) in [5.41, 5.74) is 0. The number of nitrogens with one attached hydrogen (secondary N) is 1. The van der Waals surface area contributed by atoms with Crippen LogP contribution in [0.1, 0.15) is 48.0 Å². The van der Waals surface area contributed by atoms with E-state index in [1.165, 1.54) is 37.0 Å². The average Bonchev–Trinajstić information content (AvgIpc) is 2.85. The van der Waals surface area contributed by atoms with E-state index in [1.54, 1.807) is 11.3 Å². The Kier molecular flexibility index (Phi) is 3.40. The molecule has 0 bridgehead atoms. The normalized spacial score (nSPS) is 29.5. The molecule has 1 aromatic heterocycles. The van der Waals surface area contributed by atoms with Gasteiger partial charge in [-0.3, -0.25) is 0 Å². The van der Waals surface area contributed by atoms with Crippen LogP contribution in [0.25, 0.3) is 0 Å². The molecule has 4 nitrogen and oxygen atoms in total. The molecular formula is C16H23N3OS. The summed E-state index contributed by atoms with van der Waals surface area (Å²) in [7, 11) is 0. The molecule has 4 rings (SSSR count). The summed E-state index contributed by atoms with van der Waals surface area (Å²) < 4.78 is 0. The molecule has 0 spiro atoms. The minimum absolute atomic E-state index is 0.133. The second-order valence-electron chi connectivity index (χ2n) is 6.93. The van der Waals surface area contributed by atoms with Crippen LogP contribution in [0.3, 0.4) is 0 Å². The van der Waals surface area contributed by atoms with E-state index in [2.05, 4.69) is 17.2 Å². The zero-order chi connectivity index (χ0) is 14.4. The van der Waals surface area contributed by atoms with Gasteiger partial charge in [0.05, 0.1) is 6.04 Å². The maximum absolute atomic E-state index is 12.6. The van der Waals surface area contributed by atoms with E-state index >= 15 is 0 Å². The van der Waals surface area contributed by atoms with E-state index in [-0.39, 0.29) is 12.1 Å². The third-order valence-electron chi connectivity index (χ3n) is 5.29. The number of fused-ring (bicyclic) bond motifs is 1. The maximum atomic E-state index is 12.6. The number of hydrogen-bond donors (Lipinski definition) is 1. The second-order valence-corrected chi connectivity index (χ2v) is 8.20. The van der Waals surface area contributed by atoms with E-state index < -0.39 is 0 Å². The fraction of sp³-hybridized carbons (Fsp3) is 0.750. The molecule has 1 N–H and O–H groups in total. The van der Waals surface area contributed by atoms with E-state index in [0.29, 0.717) is 5.92 Å². The number of likely N-dealkylation sites (tertiary alicyclic amines) is 1. The molecule has 2 aliphatic carbocycles. The molecular weight excluding hydrogens is 282 g/mol. The number of rotatable bonds is 3. The van der Waals surface area contributed by atoms with Crippen molar-refractivity contribution in [2.75, 3.05) is 13.1 Å². The van der Waals surface area contributed by atoms with Gasteiger partial charge in [-0.2, -0.15) is 0 Å². The zero-order valence-electron chi connectivity index (χ0n) is 12.5. The number of urea groups is 1. The second kappa shape index (κ2) is 5.27. The molecule has 0 unspecified atom stereocenters. The van der Waals surface area contributed by atoms with Crippen LogP contribution in [-0.4, -0.2) is 29.0 Å². The van der Waals surface area contributed by atoms with Crippen LogP contribution in [-0.2, 0) is 0 Å². The fourth-order valence-electron chi connectivity index (χ4n) is 3.95. The van der Waals surface area contributed by atoms with Crippen molar-refractivity contribution in [3.63, 3.8) is 0 Å². The molecule has 2 heterocycles. The molecule has 114 valence electrons. The number of aromatic nitrogens is 1. The number of carbonyl (C=O) groups excluding carboxylic acids is 1. The Morgan fingerprint density at radius 3 is 2.62 bits per heavy atom. The summed E-state index contributed by atoms with van der Waals surface area (Å²) in [6.07, 6.45) is 8.33. The number of carbonyl (C=O) groups is 1. The Balaban J connectivity index is 1.42. The maximum Gasteiger partial charge on any atom is 0.317 e. The summed E-state index contributed by atoms with van der Waals surface area (Å²) >= 11 is 1.72. The monoisotopic (exact) mass is 305 g/mol. The van der Waals surface area contributed by atoms with Crippen LogP contribution in [0.2, 0.25) is 0 Å². The third-order valence-corrected chi connectivity index (χ3v) is 6.29. The lowest BCUT2D eigenvalue weighted by molar-refractivity contribution is 0.199. The summed E-state index contributed by atoms with van der Waals surface area (Å²) in [4.78, 5) is 20.4. The molecule has 2 saturated carbocycles. The van der Waals surface area contributed by atoms with Crippen molar-refractivity contribution in [3.05, 3.63) is 16.1 Å². The van der Waals surface area contributed by atoms with Crippen molar-refractivity contribution in [3.8, 4) is 0 Å². The molecule has 1 aliphatic heterocycles. The number of hydrogen-bond acceptors (Lipinski definition) is 3. The summed E-state index contributed by atoms with van der Waals surface area (Å²) in [6, 6.07) is 0.269. The fourth-order valence-corrected chi connectivity index (χ4v) is 4.87. The zero-order valence-corrected chi connectivity index (χ0v) is 13.4. The number of thiazole rings is 1. The molecule has 1 aromatic rings. The first-order valence-electron chi connectivity index (χ1n) is 8.18. The Labute approximate surface area is 129 Å². The first-order chi connectivity index (χ1) is 10.2. The van der Waals surface area contributed by atoms with Gasteiger partial charge < -0.3 is 10.2 Å². The summed E-state index contributed by atoms with van der Waals surface area (Å²) in [5.74, 6) is 2.12. The van der Waals surface area contributed by atoms with Gasteiger partial charge in [-0.1, -0.05) is 6.42 Å². The topological polar surface area (TPSA) is 45.2 Å². The minimum Gasteiger partial charge on any atom is -0.328 e. The van der Waals surface area contributed by atoms with Gasteiger partial charge in [-0.05, 0) is 50.4 Å². The highest BCUT2D eigenvalue weighted by atomic mass is 32.1. The van der Waals surface area contributed by atoms with Gasteiger partial charge in [0.2, 0.25) is 0 Å². The Bertz CT molecular complexity index is 527. The van der Waals surface area contributed by atoms with Crippen molar-refractivity contribution in [2.24, 2.45) is 17.8 Å². The van der Waals surface area contributed by atoms with Crippen LogP contribution in [0, 0.1) is 24.7 Å². The van der Waals surface area contributed by atoms with Gasteiger partial charge in [0, 0.05) is 24.2 Å². The van der Waals surface area contributed by atoms with Crippen molar-refractivity contribution >= 4 is 17.4 Å². The highest BCUT2D eigenvalue weighted by molar-refractivity contribution is 7.11. The Morgan fingerprint density at radius 2 is 2.05 bits per heavy atom. The summed E-state index contributed by atoms with van der Waals surface area (Å²) in [5, 5.41) is 4.36. The van der Waals surface area contributed by atoms with Crippen LogP contribution in [0.15, 0.2) is 6.20 Å². The van der Waals surface area contributed by atoms with Gasteiger partial charge in [-0.15, -0.1) is 11.3 Å². The van der Waals surface area contributed by atoms with Gasteiger partial charge in [-0.25, -0.2) is 9.78 Å². The van der Waals surface area contributed by atoms with Crippen LogP contribution in [0.5, 0.6) is 0 Å². The quantitative estimate of drug-likeness (QED) is 0.931. The van der Waals surface area contributed by atoms with Gasteiger partial charge in [0.15, 0.2) is 0 Å². The first kappa shape index (κ1) is 13.6. The molecule has 3 fully saturated rings. The minimum atomic E-state index is 0.133. The molecule has 1 saturated heterocycles. The smallest absolute Gasteiger partial charge is 0.317 e. The van der Waals surface area contributed by atoms with E-state index in [1.807, 2.05) is 11.1 Å². The number of aryl methyl sites for hydroxylation is 1. The Morgan fingerprint density at radius 1 is 1.33 bits per heavy atom. The van der Waals surface area contributed by atoms with Gasteiger partial charge >= 0.3 is 6.03 Å². The SMILES string of the molecule is Cc1cnc([C@H](NC(=O)N2C[C@H]3CCC[C@@H]3C2)C2CC2)s1. The number of nitrogens with zero attached hydrogens (tertiary/aromatic N) is 2. The summed E-state index contributed by atoms with van der Waals surface area (Å²) in [6.45, 7) is 4.00. The van der Waals surface area contributed by atoms with E-state index in [4.69, 9.17) is 0 Å². The molecule has 0 aromatic carbocycles. The lowest BCUT2D eigenvalue weighted by Gasteiger charge is -2.22. The molecule has 2 amide bonds. The highest BCUT2D eigenvalue weighted by Gasteiger charge is 2.40. The van der Waals surface area contributed by atoms with E-state index in [0.717, 1.165) is 29.9 Å². The van der Waals surface area contributed by atoms with Crippen LogP contribution in [0.4, 0.5) is 4.79 Å². The van der Waals surface area contributed by atoms with Crippen molar-refractivity contribution in [2.45, 2.75) is 45.1 Å². The predicted octanol–water partition coefficient (Wildman–Crippen LogP) is 3.34. The predicted molar refractivity (Wildman–Crippen MR) is 83.3 cm³/mol.